The van der Waals surface area contributed by atoms with Crippen LogP contribution in [0.1, 0.15) is 32.3 Å². The van der Waals surface area contributed by atoms with Crippen molar-refractivity contribution in [1.82, 2.24) is 0 Å². The maximum Gasteiger partial charge on any atom is 0.272 e. The molecule has 0 aliphatic rings. The Morgan fingerprint density at radius 1 is 1.35 bits per heavy atom. The van der Waals surface area contributed by atoms with Crippen LogP contribution in [0, 0.1) is 16.0 Å². The Morgan fingerprint density at radius 2 is 2.00 bits per heavy atom. The Balaban J connectivity index is 2.60. The third-order valence-corrected chi connectivity index (χ3v) is 3.47. The molecule has 0 fully saturated rings. The SMILES string of the molecule is CC(C)CC(Br)CCc1ccccc1[N+](=O)[O-]. The van der Waals surface area contributed by atoms with Gasteiger partial charge in [-0.2, -0.15) is 0 Å². The Hall–Kier alpha value is -0.900. The number of hydrogen-bond acceptors (Lipinski definition) is 2. The predicted molar refractivity (Wildman–Crippen MR) is 73.6 cm³/mol. The van der Waals surface area contributed by atoms with Crippen LogP contribution >= 0.6 is 15.9 Å². The first-order valence-electron chi connectivity index (χ1n) is 5.87. The van der Waals surface area contributed by atoms with Crippen molar-refractivity contribution in [3.63, 3.8) is 0 Å². The molecule has 0 radical (unpaired) electrons. The standard InChI is InChI=1S/C13H18BrNO2/c1-10(2)9-12(14)8-7-11-5-3-4-6-13(11)15(16)17/h3-6,10,12H,7-9H2,1-2H3. The van der Waals surface area contributed by atoms with E-state index in [1.165, 1.54) is 0 Å². The topological polar surface area (TPSA) is 43.1 Å². The Bertz CT molecular complexity index is 379. The van der Waals surface area contributed by atoms with Gasteiger partial charge in [-0.15, -0.1) is 0 Å². The molecule has 1 aromatic rings. The number of aryl methyl sites for hydroxylation is 1. The monoisotopic (exact) mass is 299 g/mol. The molecule has 1 rings (SSSR count). The van der Waals surface area contributed by atoms with E-state index < -0.39 is 0 Å². The average Bonchev–Trinajstić information content (AvgIpc) is 2.25. The Labute approximate surface area is 111 Å². The molecule has 1 aromatic carbocycles. The third-order valence-electron chi connectivity index (χ3n) is 2.64. The van der Waals surface area contributed by atoms with E-state index in [0.29, 0.717) is 10.7 Å². The first-order chi connectivity index (χ1) is 8.00. The maximum absolute atomic E-state index is 10.8. The van der Waals surface area contributed by atoms with Gasteiger partial charge < -0.3 is 0 Å². The van der Waals surface area contributed by atoms with Crippen molar-refractivity contribution in [2.75, 3.05) is 0 Å². The molecular weight excluding hydrogens is 282 g/mol. The highest BCUT2D eigenvalue weighted by molar-refractivity contribution is 9.09. The molecule has 0 bridgehead atoms. The first-order valence-corrected chi connectivity index (χ1v) is 6.78. The summed E-state index contributed by atoms with van der Waals surface area (Å²) in [5.74, 6) is 0.644. The minimum atomic E-state index is -0.305. The van der Waals surface area contributed by atoms with Gasteiger partial charge in [0.1, 0.15) is 0 Å². The minimum absolute atomic E-state index is 0.233. The second-order valence-corrected chi connectivity index (χ2v) is 5.95. The summed E-state index contributed by atoms with van der Waals surface area (Å²) in [6, 6.07) is 6.98. The molecule has 4 heteroatoms. The average molecular weight is 300 g/mol. The van der Waals surface area contributed by atoms with Gasteiger partial charge in [-0.3, -0.25) is 10.1 Å². The van der Waals surface area contributed by atoms with Gasteiger partial charge in [0.25, 0.3) is 5.69 Å². The number of nitro benzene ring substituents is 1. The van der Waals surface area contributed by atoms with Crippen molar-refractivity contribution in [2.24, 2.45) is 5.92 Å². The minimum Gasteiger partial charge on any atom is -0.258 e. The number of rotatable bonds is 6. The lowest BCUT2D eigenvalue weighted by Crippen LogP contribution is -2.05. The molecular formula is C13H18BrNO2. The van der Waals surface area contributed by atoms with Crippen molar-refractivity contribution in [3.05, 3.63) is 39.9 Å². The summed E-state index contributed by atoms with van der Waals surface area (Å²) in [4.78, 5) is 11.0. The Morgan fingerprint density at radius 3 is 2.59 bits per heavy atom. The lowest BCUT2D eigenvalue weighted by molar-refractivity contribution is -0.385. The smallest absolute Gasteiger partial charge is 0.258 e. The molecule has 0 aliphatic carbocycles. The van der Waals surface area contributed by atoms with Crippen LogP contribution in [-0.4, -0.2) is 9.75 Å². The van der Waals surface area contributed by atoms with Crippen molar-refractivity contribution >= 4 is 21.6 Å². The molecule has 0 N–H and O–H groups in total. The molecule has 0 saturated heterocycles. The van der Waals surface area contributed by atoms with E-state index in [0.717, 1.165) is 24.8 Å². The van der Waals surface area contributed by atoms with Crippen LogP contribution in [-0.2, 0) is 6.42 Å². The zero-order chi connectivity index (χ0) is 12.8. The normalized spacial score (nSPS) is 12.7. The zero-order valence-electron chi connectivity index (χ0n) is 10.2. The highest BCUT2D eigenvalue weighted by atomic mass is 79.9. The van der Waals surface area contributed by atoms with Gasteiger partial charge in [0.05, 0.1) is 4.92 Å². The first kappa shape index (κ1) is 14.2. The maximum atomic E-state index is 10.8. The molecule has 0 aliphatic heterocycles. The van der Waals surface area contributed by atoms with Gasteiger partial charge in [-0.1, -0.05) is 48.0 Å². The van der Waals surface area contributed by atoms with Crippen LogP contribution in [0.2, 0.25) is 0 Å². The van der Waals surface area contributed by atoms with Crippen LogP contribution in [0.4, 0.5) is 5.69 Å². The van der Waals surface area contributed by atoms with E-state index in [1.54, 1.807) is 12.1 Å². The number of benzene rings is 1. The zero-order valence-corrected chi connectivity index (χ0v) is 11.8. The molecule has 0 amide bonds. The fraction of sp³-hybridized carbons (Fsp3) is 0.538. The molecule has 94 valence electrons. The molecule has 0 saturated carbocycles. The lowest BCUT2D eigenvalue weighted by atomic mass is 10.0. The summed E-state index contributed by atoms with van der Waals surface area (Å²) in [6.07, 6.45) is 2.78. The number of alkyl halides is 1. The second-order valence-electron chi connectivity index (χ2n) is 4.65. The molecule has 0 aromatic heterocycles. The van der Waals surface area contributed by atoms with Crippen LogP contribution in [0.25, 0.3) is 0 Å². The Kier molecular flexibility index (Phi) is 5.62. The number of hydrogen-bond donors (Lipinski definition) is 0. The van der Waals surface area contributed by atoms with Gasteiger partial charge in [0.15, 0.2) is 0 Å². The molecule has 1 atom stereocenters. The second kappa shape index (κ2) is 6.74. The van der Waals surface area contributed by atoms with Crippen LogP contribution in [0.15, 0.2) is 24.3 Å². The number of para-hydroxylation sites is 1. The number of nitro groups is 1. The van der Waals surface area contributed by atoms with E-state index >= 15 is 0 Å². The summed E-state index contributed by atoms with van der Waals surface area (Å²) in [7, 11) is 0. The predicted octanol–water partition coefficient (Wildman–Crippen LogP) is 4.34. The van der Waals surface area contributed by atoms with Gasteiger partial charge in [-0.05, 0) is 25.2 Å². The number of nitrogens with zero attached hydrogens (tertiary/aromatic N) is 1. The van der Waals surface area contributed by atoms with Crippen LogP contribution in [0.3, 0.4) is 0 Å². The van der Waals surface area contributed by atoms with Crippen LogP contribution in [0.5, 0.6) is 0 Å². The van der Waals surface area contributed by atoms with Crippen molar-refractivity contribution in [2.45, 2.75) is 37.9 Å². The highest BCUT2D eigenvalue weighted by Gasteiger charge is 2.14. The lowest BCUT2D eigenvalue weighted by Gasteiger charge is -2.12. The van der Waals surface area contributed by atoms with Gasteiger partial charge in [0, 0.05) is 16.5 Å². The van der Waals surface area contributed by atoms with Crippen LogP contribution < -0.4 is 0 Å². The van der Waals surface area contributed by atoms with E-state index in [1.807, 2.05) is 12.1 Å². The quantitative estimate of drug-likeness (QED) is 0.445. The summed E-state index contributed by atoms with van der Waals surface area (Å²) < 4.78 is 0. The van der Waals surface area contributed by atoms with E-state index in [2.05, 4.69) is 29.8 Å². The largest absolute Gasteiger partial charge is 0.272 e. The van der Waals surface area contributed by atoms with E-state index in [-0.39, 0.29) is 10.6 Å². The summed E-state index contributed by atoms with van der Waals surface area (Å²) >= 11 is 3.63. The van der Waals surface area contributed by atoms with Crippen molar-refractivity contribution < 1.29 is 4.92 Å². The summed E-state index contributed by atoms with van der Waals surface area (Å²) in [6.45, 7) is 4.36. The third kappa shape index (κ3) is 4.86. The summed E-state index contributed by atoms with van der Waals surface area (Å²) in [5, 5.41) is 10.8. The van der Waals surface area contributed by atoms with E-state index in [9.17, 15) is 10.1 Å². The van der Waals surface area contributed by atoms with Gasteiger partial charge in [0.2, 0.25) is 0 Å². The summed E-state index contributed by atoms with van der Waals surface area (Å²) in [5.41, 5.74) is 1.06. The molecule has 0 spiro atoms. The van der Waals surface area contributed by atoms with Gasteiger partial charge >= 0.3 is 0 Å². The van der Waals surface area contributed by atoms with Gasteiger partial charge in [-0.25, -0.2) is 0 Å². The molecule has 1 unspecified atom stereocenters. The van der Waals surface area contributed by atoms with E-state index in [4.69, 9.17) is 0 Å². The highest BCUT2D eigenvalue weighted by Crippen LogP contribution is 2.23. The van der Waals surface area contributed by atoms with Crippen molar-refractivity contribution in [1.29, 1.82) is 0 Å². The molecule has 17 heavy (non-hydrogen) atoms. The number of halogens is 1. The van der Waals surface area contributed by atoms with Crippen molar-refractivity contribution in [3.8, 4) is 0 Å². The molecule has 3 nitrogen and oxygen atoms in total. The fourth-order valence-corrected chi connectivity index (χ4v) is 2.82. The fourth-order valence-electron chi connectivity index (χ4n) is 1.84. The molecule has 0 heterocycles.